The number of unbranched alkanes of at least 4 members (excludes halogenated alkanes) is 1. The predicted octanol–water partition coefficient (Wildman–Crippen LogP) is 5.31. The van der Waals surface area contributed by atoms with Crippen LogP contribution in [0.15, 0.2) is 71.8 Å². The minimum absolute atomic E-state index is 0.156. The van der Waals surface area contributed by atoms with Crippen LogP contribution in [0.25, 0.3) is 33.8 Å². The van der Waals surface area contributed by atoms with Crippen molar-refractivity contribution in [1.82, 2.24) is 35.4 Å². The highest BCUT2D eigenvalue weighted by atomic mass is 19.4. The van der Waals surface area contributed by atoms with Gasteiger partial charge in [-0.25, -0.2) is 9.97 Å². The number of hydrogen-bond donors (Lipinski definition) is 3. The quantitative estimate of drug-likeness (QED) is 0.200. The second-order valence-corrected chi connectivity index (χ2v) is 9.02. The number of pyridine rings is 2. The Bertz CT molecular complexity index is 1760. The molecule has 0 unspecified atom stereocenters. The van der Waals surface area contributed by atoms with Gasteiger partial charge < -0.3 is 20.1 Å². The summed E-state index contributed by atoms with van der Waals surface area (Å²) < 4.78 is 46.9. The van der Waals surface area contributed by atoms with Crippen molar-refractivity contribution < 1.29 is 27.3 Å². The first-order valence-electron chi connectivity index (χ1n) is 12.8. The van der Waals surface area contributed by atoms with Crippen LogP contribution >= 0.6 is 0 Å². The Morgan fingerprint density at radius 1 is 1.10 bits per heavy atom. The summed E-state index contributed by atoms with van der Waals surface area (Å²) in [6.07, 6.45) is 4.15. The lowest BCUT2D eigenvalue weighted by atomic mass is 9.98. The number of nitrogens with zero attached hydrogens (tertiary/aromatic N) is 5. The standard InChI is InChI=1S/C28H23F3N8O3/c1-2-3-4-7-21(40)37-20-6-5-11-32-23(20)25-38-22-18(10-12-33-24(22)39-25)16-8-9-17(19(13-16)28(29,30)31)14-34-26(41)27-35-15-36-42-27/h4-13,15H,2-3,14H2,1H3,(H,34,41)(H,37,40)(H,33,38,39)/b7-4+. The smallest absolute Gasteiger partial charge is 0.344 e. The van der Waals surface area contributed by atoms with E-state index in [0.717, 1.165) is 25.2 Å². The summed E-state index contributed by atoms with van der Waals surface area (Å²) >= 11 is 0. The molecular weight excluding hydrogens is 553 g/mol. The summed E-state index contributed by atoms with van der Waals surface area (Å²) in [4.78, 5) is 44.3. The van der Waals surface area contributed by atoms with Crippen molar-refractivity contribution >= 4 is 28.7 Å². The largest absolute Gasteiger partial charge is 0.416 e. The van der Waals surface area contributed by atoms with E-state index >= 15 is 0 Å². The van der Waals surface area contributed by atoms with E-state index in [1.807, 2.05) is 6.92 Å². The first-order valence-corrected chi connectivity index (χ1v) is 12.8. The van der Waals surface area contributed by atoms with Crippen molar-refractivity contribution in [3.8, 4) is 22.6 Å². The van der Waals surface area contributed by atoms with Gasteiger partial charge in [-0.1, -0.05) is 36.7 Å². The normalized spacial score (nSPS) is 11.7. The number of benzene rings is 1. The Kier molecular flexibility index (Phi) is 8.04. The number of anilines is 1. The molecule has 0 radical (unpaired) electrons. The topological polar surface area (TPSA) is 152 Å². The SMILES string of the molecule is CCC/C=C/C(=O)Nc1cccnc1-c1nc2nccc(-c3ccc(CNC(=O)c4ncno4)c(C(F)(F)F)c3)c2[nH]1. The first-order chi connectivity index (χ1) is 20.2. The van der Waals surface area contributed by atoms with Crippen LogP contribution in [0.3, 0.4) is 0 Å². The molecule has 0 aliphatic carbocycles. The number of halogens is 3. The van der Waals surface area contributed by atoms with Gasteiger partial charge in [0.1, 0.15) is 5.69 Å². The molecule has 4 heterocycles. The maximum absolute atomic E-state index is 14.1. The molecule has 0 saturated heterocycles. The van der Waals surface area contributed by atoms with Crippen LogP contribution < -0.4 is 10.6 Å². The van der Waals surface area contributed by atoms with Gasteiger partial charge in [0.25, 0.3) is 0 Å². The van der Waals surface area contributed by atoms with E-state index in [1.54, 1.807) is 24.3 Å². The molecule has 0 atom stereocenters. The maximum atomic E-state index is 14.1. The molecule has 1 aromatic carbocycles. The number of imidazole rings is 1. The van der Waals surface area contributed by atoms with Crippen molar-refractivity contribution in [3.05, 3.63) is 84.3 Å². The van der Waals surface area contributed by atoms with Crippen molar-refractivity contribution in [3.63, 3.8) is 0 Å². The molecule has 0 spiro atoms. The van der Waals surface area contributed by atoms with Crippen molar-refractivity contribution in [1.29, 1.82) is 0 Å². The molecule has 14 heteroatoms. The Balaban J connectivity index is 1.47. The molecule has 4 aromatic heterocycles. The van der Waals surface area contributed by atoms with Crippen LogP contribution in [0, 0.1) is 0 Å². The summed E-state index contributed by atoms with van der Waals surface area (Å²) in [5.41, 5.74) is 0.930. The summed E-state index contributed by atoms with van der Waals surface area (Å²) in [7, 11) is 0. The molecule has 0 aliphatic rings. The molecule has 2 amide bonds. The van der Waals surface area contributed by atoms with Gasteiger partial charge in [-0.05, 0) is 47.9 Å². The minimum atomic E-state index is -4.71. The zero-order valence-electron chi connectivity index (χ0n) is 22.1. The van der Waals surface area contributed by atoms with Crippen LogP contribution in [-0.4, -0.2) is 41.9 Å². The molecule has 11 nitrogen and oxygen atoms in total. The van der Waals surface area contributed by atoms with E-state index in [2.05, 4.69) is 45.2 Å². The van der Waals surface area contributed by atoms with Crippen LogP contribution in [0.1, 0.15) is 41.6 Å². The third-order valence-electron chi connectivity index (χ3n) is 6.13. The van der Waals surface area contributed by atoms with E-state index in [4.69, 9.17) is 0 Å². The van der Waals surface area contributed by atoms with E-state index in [-0.39, 0.29) is 34.4 Å². The molecule has 214 valence electrons. The van der Waals surface area contributed by atoms with Crippen molar-refractivity contribution in [2.24, 2.45) is 0 Å². The van der Waals surface area contributed by atoms with Gasteiger partial charge in [0.2, 0.25) is 5.91 Å². The fourth-order valence-corrected chi connectivity index (χ4v) is 4.18. The van der Waals surface area contributed by atoms with Gasteiger partial charge in [-0.3, -0.25) is 14.6 Å². The summed E-state index contributed by atoms with van der Waals surface area (Å²) in [5.74, 6) is -1.22. The van der Waals surface area contributed by atoms with Crippen LogP contribution in [-0.2, 0) is 17.5 Å². The second kappa shape index (κ2) is 12.0. The Labute approximate surface area is 236 Å². The number of allylic oxidation sites excluding steroid dienone is 1. The number of hydrogen-bond acceptors (Lipinski definition) is 8. The second-order valence-electron chi connectivity index (χ2n) is 9.02. The maximum Gasteiger partial charge on any atom is 0.416 e. The molecule has 0 saturated carbocycles. The fourth-order valence-electron chi connectivity index (χ4n) is 4.18. The Hall–Kier alpha value is -5.40. The molecule has 0 bridgehead atoms. The highest BCUT2D eigenvalue weighted by Crippen LogP contribution is 2.37. The molecular formula is C28H23F3N8O3. The number of aromatic amines is 1. The number of rotatable bonds is 9. The molecule has 0 aliphatic heterocycles. The molecule has 3 N–H and O–H groups in total. The highest BCUT2D eigenvalue weighted by Gasteiger charge is 2.34. The number of amides is 2. The van der Waals surface area contributed by atoms with Gasteiger partial charge >= 0.3 is 18.0 Å². The molecule has 5 aromatic rings. The monoisotopic (exact) mass is 576 g/mol. The predicted molar refractivity (Wildman–Crippen MR) is 146 cm³/mol. The van der Waals surface area contributed by atoms with Crippen LogP contribution in [0.2, 0.25) is 0 Å². The van der Waals surface area contributed by atoms with Gasteiger partial charge in [0.05, 0.1) is 16.8 Å². The average Bonchev–Trinajstić information content (AvgIpc) is 3.66. The lowest BCUT2D eigenvalue weighted by molar-refractivity contribution is -0.138. The van der Waals surface area contributed by atoms with Crippen LogP contribution in [0.4, 0.5) is 18.9 Å². The van der Waals surface area contributed by atoms with E-state index in [9.17, 15) is 22.8 Å². The fraction of sp³-hybridized carbons (Fsp3) is 0.179. The highest BCUT2D eigenvalue weighted by molar-refractivity contribution is 6.01. The number of aromatic nitrogens is 6. The third-order valence-corrected chi connectivity index (χ3v) is 6.13. The Morgan fingerprint density at radius 2 is 1.95 bits per heavy atom. The molecule has 0 fully saturated rings. The van der Waals surface area contributed by atoms with Gasteiger partial charge in [0, 0.05) is 24.5 Å². The summed E-state index contributed by atoms with van der Waals surface area (Å²) in [5, 5.41) is 8.45. The van der Waals surface area contributed by atoms with Gasteiger partial charge in [0.15, 0.2) is 17.8 Å². The third kappa shape index (κ3) is 6.16. The number of alkyl halides is 3. The Morgan fingerprint density at radius 3 is 2.71 bits per heavy atom. The van der Waals surface area contributed by atoms with E-state index in [1.165, 1.54) is 30.6 Å². The minimum Gasteiger partial charge on any atom is -0.344 e. The van der Waals surface area contributed by atoms with Crippen molar-refractivity contribution in [2.45, 2.75) is 32.5 Å². The van der Waals surface area contributed by atoms with E-state index < -0.39 is 24.2 Å². The first kappa shape index (κ1) is 28.1. The summed E-state index contributed by atoms with van der Waals surface area (Å²) in [6, 6.07) is 8.68. The zero-order valence-corrected chi connectivity index (χ0v) is 22.1. The van der Waals surface area contributed by atoms with Gasteiger partial charge in [-0.15, -0.1) is 0 Å². The number of nitrogens with one attached hydrogen (secondary N) is 3. The number of H-pyrrole nitrogens is 1. The number of carbonyl (C=O) groups excluding carboxylic acids is 2. The number of fused-ring (bicyclic) bond motifs is 1. The van der Waals surface area contributed by atoms with Crippen LogP contribution in [0.5, 0.6) is 0 Å². The van der Waals surface area contributed by atoms with Gasteiger partial charge in [-0.2, -0.15) is 18.2 Å². The number of carbonyl (C=O) groups is 2. The lowest BCUT2D eigenvalue weighted by Gasteiger charge is -2.15. The zero-order chi connectivity index (χ0) is 29.7. The average molecular weight is 577 g/mol. The summed E-state index contributed by atoms with van der Waals surface area (Å²) in [6.45, 7) is 1.58. The lowest BCUT2D eigenvalue weighted by Crippen LogP contribution is -2.24. The van der Waals surface area contributed by atoms with Crippen molar-refractivity contribution in [2.75, 3.05) is 5.32 Å². The molecule has 5 rings (SSSR count). The van der Waals surface area contributed by atoms with E-state index in [0.29, 0.717) is 22.5 Å². The molecule has 42 heavy (non-hydrogen) atoms.